The predicted molar refractivity (Wildman–Crippen MR) is 106 cm³/mol. The molecule has 28 heavy (non-hydrogen) atoms. The lowest BCUT2D eigenvalue weighted by Gasteiger charge is -2.32. The van der Waals surface area contributed by atoms with Crippen molar-refractivity contribution < 1.29 is 9.18 Å². The molecule has 7 heteroatoms. The lowest BCUT2D eigenvalue weighted by atomic mass is 10.0. The predicted octanol–water partition coefficient (Wildman–Crippen LogP) is 2.54. The van der Waals surface area contributed by atoms with Gasteiger partial charge in [0.2, 0.25) is 0 Å². The molecule has 0 aliphatic carbocycles. The molecule has 4 rings (SSSR count). The van der Waals surface area contributed by atoms with Crippen LogP contribution in [0.1, 0.15) is 29.2 Å². The number of aromatic nitrogens is 2. The van der Waals surface area contributed by atoms with Gasteiger partial charge in [-0.05, 0) is 49.2 Å². The number of amides is 1. The smallest absolute Gasteiger partial charge is 0.326 e. The maximum atomic E-state index is 12.9. The summed E-state index contributed by atoms with van der Waals surface area (Å²) < 4.78 is 14.8. The minimum absolute atomic E-state index is 0.0498. The Morgan fingerprint density at radius 1 is 1.11 bits per heavy atom. The lowest BCUT2D eigenvalue weighted by molar-refractivity contribution is 0.0944. The van der Waals surface area contributed by atoms with Gasteiger partial charge in [0.05, 0.1) is 11.0 Å². The van der Waals surface area contributed by atoms with E-state index in [9.17, 15) is 14.0 Å². The van der Waals surface area contributed by atoms with E-state index in [2.05, 4.69) is 15.2 Å². The maximum absolute atomic E-state index is 12.9. The van der Waals surface area contributed by atoms with E-state index in [1.54, 1.807) is 0 Å². The molecule has 1 amide bonds. The number of hydrogen-bond donors (Lipinski definition) is 2. The summed E-state index contributed by atoms with van der Waals surface area (Å²) in [4.78, 5) is 29.6. The van der Waals surface area contributed by atoms with Crippen LogP contribution in [0.2, 0.25) is 0 Å². The van der Waals surface area contributed by atoms with Crippen LogP contribution in [0.25, 0.3) is 11.0 Å². The standard InChI is InChI=1S/C21H23FN4O2/c22-16-7-5-15(6-8-16)20(27)23-11-14-25-12-9-17(10-13-25)26-19-4-2-1-3-18(19)24-21(26)28/h1-8,17H,9-14H2,(H,23,27)(H,24,28). The van der Waals surface area contributed by atoms with Gasteiger partial charge in [0.15, 0.2) is 0 Å². The normalized spacial score (nSPS) is 15.8. The first-order valence-corrected chi connectivity index (χ1v) is 9.57. The number of fused-ring (bicyclic) bond motifs is 1. The van der Waals surface area contributed by atoms with Crippen molar-refractivity contribution in [3.8, 4) is 0 Å². The van der Waals surface area contributed by atoms with Crippen molar-refractivity contribution in [2.45, 2.75) is 18.9 Å². The molecule has 1 saturated heterocycles. The first-order valence-electron chi connectivity index (χ1n) is 9.57. The molecule has 0 atom stereocenters. The number of nitrogens with zero attached hydrogens (tertiary/aromatic N) is 2. The van der Waals surface area contributed by atoms with Gasteiger partial charge in [0.1, 0.15) is 5.82 Å². The third-order valence-electron chi connectivity index (χ3n) is 5.37. The van der Waals surface area contributed by atoms with E-state index in [1.165, 1.54) is 24.3 Å². The van der Waals surface area contributed by atoms with Crippen LogP contribution in [0.3, 0.4) is 0 Å². The van der Waals surface area contributed by atoms with Crippen LogP contribution >= 0.6 is 0 Å². The van der Waals surface area contributed by atoms with E-state index in [1.807, 2.05) is 28.8 Å². The van der Waals surface area contributed by atoms with Crippen LogP contribution in [0, 0.1) is 5.82 Å². The Hall–Kier alpha value is -2.93. The molecule has 1 aromatic heterocycles. The van der Waals surface area contributed by atoms with Crippen LogP contribution in [-0.2, 0) is 0 Å². The number of benzene rings is 2. The number of para-hydroxylation sites is 2. The van der Waals surface area contributed by atoms with Gasteiger partial charge in [-0.1, -0.05) is 12.1 Å². The zero-order valence-corrected chi connectivity index (χ0v) is 15.5. The third kappa shape index (κ3) is 3.84. The van der Waals surface area contributed by atoms with E-state index in [4.69, 9.17) is 0 Å². The average molecular weight is 382 g/mol. The van der Waals surface area contributed by atoms with Gasteiger partial charge < -0.3 is 15.2 Å². The van der Waals surface area contributed by atoms with Gasteiger partial charge in [-0.15, -0.1) is 0 Å². The second-order valence-electron chi connectivity index (χ2n) is 7.15. The summed E-state index contributed by atoms with van der Waals surface area (Å²) in [5.74, 6) is -0.547. The van der Waals surface area contributed by atoms with Gasteiger partial charge in [-0.3, -0.25) is 9.36 Å². The minimum Gasteiger partial charge on any atom is -0.351 e. The van der Waals surface area contributed by atoms with Crippen LogP contribution in [-0.4, -0.2) is 46.5 Å². The molecule has 1 aliphatic rings. The third-order valence-corrected chi connectivity index (χ3v) is 5.37. The molecule has 146 valence electrons. The minimum atomic E-state index is -0.353. The molecule has 6 nitrogen and oxygen atoms in total. The molecule has 0 radical (unpaired) electrons. The van der Waals surface area contributed by atoms with Crippen molar-refractivity contribution in [1.82, 2.24) is 19.8 Å². The number of halogens is 1. The van der Waals surface area contributed by atoms with Crippen molar-refractivity contribution >= 4 is 16.9 Å². The molecule has 1 aliphatic heterocycles. The van der Waals surface area contributed by atoms with Gasteiger partial charge in [-0.2, -0.15) is 0 Å². The molecule has 2 aromatic carbocycles. The first kappa shape index (κ1) is 18.4. The Balaban J connectivity index is 1.28. The summed E-state index contributed by atoms with van der Waals surface area (Å²) in [6, 6.07) is 13.5. The molecular weight excluding hydrogens is 359 g/mol. The highest BCUT2D eigenvalue weighted by molar-refractivity contribution is 5.94. The number of hydrogen-bond acceptors (Lipinski definition) is 3. The number of likely N-dealkylation sites (tertiary alicyclic amines) is 1. The molecule has 3 aromatic rings. The van der Waals surface area contributed by atoms with Crippen molar-refractivity contribution in [3.05, 3.63) is 70.4 Å². The van der Waals surface area contributed by atoms with E-state index >= 15 is 0 Å². The Labute approximate surface area is 162 Å². The van der Waals surface area contributed by atoms with Crippen LogP contribution < -0.4 is 11.0 Å². The highest BCUT2D eigenvalue weighted by Crippen LogP contribution is 2.24. The zero-order chi connectivity index (χ0) is 19.5. The van der Waals surface area contributed by atoms with E-state index in [-0.39, 0.29) is 23.5 Å². The molecule has 0 saturated carbocycles. The maximum Gasteiger partial charge on any atom is 0.326 e. The monoisotopic (exact) mass is 382 g/mol. The fourth-order valence-electron chi connectivity index (χ4n) is 3.87. The highest BCUT2D eigenvalue weighted by Gasteiger charge is 2.23. The highest BCUT2D eigenvalue weighted by atomic mass is 19.1. The molecule has 2 N–H and O–H groups in total. The number of carbonyl (C=O) groups is 1. The molecular formula is C21H23FN4O2. The summed E-state index contributed by atoms with van der Waals surface area (Å²) in [5.41, 5.74) is 2.24. The zero-order valence-electron chi connectivity index (χ0n) is 15.5. The fraction of sp³-hybridized carbons (Fsp3) is 0.333. The molecule has 1 fully saturated rings. The second kappa shape index (κ2) is 7.98. The topological polar surface area (TPSA) is 70.1 Å². The Morgan fingerprint density at radius 3 is 2.57 bits per heavy atom. The van der Waals surface area contributed by atoms with Gasteiger partial charge in [0, 0.05) is 37.8 Å². The molecule has 2 heterocycles. The first-order chi connectivity index (χ1) is 13.6. The SMILES string of the molecule is O=C(NCCN1CCC(n2c(=O)[nH]c3ccccc32)CC1)c1ccc(F)cc1. The van der Waals surface area contributed by atoms with Crippen LogP contribution in [0.15, 0.2) is 53.3 Å². The van der Waals surface area contributed by atoms with Crippen molar-refractivity contribution in [3.63, 3.8) is 0 Å². The number of rotatable bonds is 5. The van der Waals surface area contributed by atoms with Crippen molar-refractivity contribution in [1.29, 1.82) is 0 Å². The summed E-state index contributed by atoms with van der Waals surface area (Å²) >= 11 is 0. The number of carbonyl (C=O) groups excluding carboxylic acids is 1. The van der Waals surface area contributed by atoms with Gasteiger partial charge in [0.25, 0.3) is 5.91 Å². The number of piperidine rings is 1. The molecule has 0 unspecified atom stereocenters. The van der Waals surface area contributed by atoms with Gasteiger partial charge >= 0.3 is 5.69 Å². The van der Waals surface area contributed by atoms with E-state index in [0.717, 1.165) is 43.5 Å². The largest absolute Gasteiger partial charge is 0.351 e. The lowest BCUT2D eigenvalue weighted by Crippen LogP contribution is -2.41. The quantitative estimate of drug-likeness (QED) is 0.712. The Morgan fingerprint density at radius 2 is 1.82 bits per heavy atom. The van der Waals surface area contributed by atoms with Crippen molar-refractivity contribution in [2.75, 3.05) is 26.2 Å². The number of aromatic amines is 1. The van der Waals surface area contributed by atoms with Crippen LogP contribution in [0.5, 0.6) is 0 Å². The second-order valence-corrected chi connectivity index (χ2v) is 7.15. The number of imidazole rings is 1. The number of nitrogens with one attached hydrogen (secondary N) is 2. The fourth-order valence-corrected chi connectivity index (χ4v) is 3.87. The average Bonchev–Trinajstić information content (AvgIpc) is 3.05. The Kier molecular flexibility index (Phi) is 5.25. The summed E-state index contributed by atoms with van der Waals surface area (Å²) in [7, 11) is 0. The number of H-pyrrole nitrogens is 1. The molecule has 0 spiro atoms. The summed E-state index contributed by atoms with van der Waals surface area (Å²) in [6.45, 7) is 3.04. The van der Waals surface area contributed by atoms with Crippen LogP contribution in [0.4, 0.5) is 4.39 Å². The van der Waals surface area contributed by atoms with E-state index in [0.29, 0.717) is 12.1 Å². The Bertz CT molecular complexity index is 1020. The van der Waals surface area contributed by atoms with Crippen molar-refractivity contribution in [2.24, 2.45) is 0 Å². The molecule has 0 bridgehead atoms. The van der Waals surface area contributed by atoms with Gasteiger partial charge in [-0.25, -0.2) is 9.18 Å². The van der Waals surface area contributed by atoms with E-state index < -0.39 is 0 Å². The summed E-state index contributed by atoms with van der Waals surface area (Å²) in [5, 5.41) is 2.87. The summed E-state index contributed by atoms with van der Waals surface area (Å²) in [6.07, 6.45) is 1.79.